The molecule has 5 heteroatoms. The largest absolute Gasteiger partial charge is 0.461 e. The molecule has 2 aliphatic rings. The Morgan fingerprint density at radius 3 is 2.37 bits per heavy atom. The lowest BCUT2D eigenvalue weighted by molar-refractivity contribution is -0.146. The van der Waals surface area contributed by atoms with Crippen LogP contribution in [-0.2, 0) is 20.9 Å². The van der Waals surface area contributed by atoms with Crippen molar-refractivity contribution >= 4 is 29.7 Å². The fourth-order valence-corrected chi connectivity index (χ4v) is 6.17. The number of thioether (sulfide) groups is 1. The molecule has 2 aromatic rings. The quantitative estimate of drug-likeness (QED) is 0.228. The summed E-state index contributed by atoms with van der Waals surface area (Å²) in [7, 11) is 0. The van der Waals surface area contributed by atoms with Gasteiger partial charge in [0, 0.05) is 6.54 Å². The fourth-order valence-electron chi connectivity index (χ4n) is 4.67. The molecule has 2 aromatic carbocycles. The van der Waals surface area contributed by atoms with E-state index in [1.807, 2.05) is 71.6 Å². The summed E-state index contributed by atoms with van der Waals surface area (Å²) in [5.74, 6) is 0.416. The molecule has 1 heterocycles. The Bertz CT molecular complexity index is 1070. The van der Waals surface area contributed by atoms with E-state index in [1.54, 1.807) is 11.8 Å². The molecule has 4 nitrogen and oxygen atoms in total. The van der Waals surface area contributed by atoms with Gasteiger partial charge in [0.15, 0.2) is 0 Å². The van der Waals surface area contributed by atoms with Crippen LogP contribution >= 0.6 is 11.8 Å². The molecule has 1 saturated heterocycles. The maximum atomic E-state index is 13.5. The van der Waals surface area contributed by atoms with Crippen LogP contribution in [0, 0.1) is 5.92 Å². The van der Waals surface area contributed by atoms with Crippen molar-refractivity contribution in [3.05, 3.63) is 88.3 Å². The van der Waals surface area contributed by atoms with Crippen LogP contribution in [0.3, 0.4) is 0 Å². The van der Waals surface area contributed by atoms with Crippen LogP contribution in [0.15, 0.2) is 77.2 Å². The van der Waals surface area contributed by atoms with E-state index in [0.29, 0.717) is 12.5 Å². The van der Waals surface area contributed by atoms with Gasteiger partial charge in [0.1, 0.15) is 6.61 Å². The van der Waals surface area contributed by atoms with Crippen LogP contribution in [0.1, 0.15) is 63.5 Å². The highest BCUT2D eigenvalue weighted by atomic mass is 32.2. The molecule has 1 saturated carbocycles. The number of esters is 1. The highest BCUT2D eigenvalue weighted by Gasteiger charge is 2.49. The van der Waals surface area contributed by atoms with Gasteiger partial charge in [-0.3, -0.25) is 9.59 Å². The molecule has 1 aliphatic carbocycles. The molecule has 4 rings (SSSR count). The second kappa shape index (κ2) is 11.8. The van der Waals surface area contributed by atoms with E-state index in [0.717, 1.165) is 48.1 Å². The summed E-state index contributed by atoms with van der Waals surface area (Å²) in [4.78, 5) is 28.5. The maximum absolute atomic E-state index is 13.5. The molecule has 35 heavy (non-hydrogen) atoms. The van der Waals surface area contributed by atoms with E-state index in [4.69, 9.17) is 4.74 Å². The minimum Gasteiger partial charge on any atom is -0.461 e. The van der Waals surface area contributed by atoms with Crippen LogP contribution in [0.5, 0.6) is 0 Å². The summed E-state index contributed by atoms with van der Waals surface area (Å²) in [5, 5.41) is 0. The van der Waals surface area contributed by atoms with E-state index < -0.39 is 0 Å². The van der Waals surface area contributed by atoms with Gasteiger partial charge in [-0.1, -0.05) is 97.9 Å². The predicted octanol–water partition coefficient (Wildman–Crippen LogP) is 6.98. The van der Waals surface area contributed by atoms with Gasteiger partial charge in [0.2, 0.25) is 0 Å². The van der Waals surface area contributed by atoms with Gasteiger partial charge in [-0.2, -0.15) is 0 Å². The molecule has 0 bridgehead atoms. The van der Waals surface area contributed by atoms with Crippen LogP contribution in [0.2, 0.25) is 0 Å². The molecule has 1 aliphatic heterocycles. The van der Waals surface area contributed by atoms with Gasteiger partial charge >= 0.3 is 5.97 Å². The third-order valence-corrected chi connectivity index (χ3v) is 8.20. The number of hydrogen-bond acceptors (Lipinski definition) is 4. The number of carbonyl (C=O) groups excluding carboxylic acids is 2. The Labute approximate surface area is 213 Å². The Kier molecular flexibility index (Phi) is 8.50. The SMILES string of the molecule is CC(C)CC=C1CCC2(CC1)SC(=Cc1ccccc1)C(=O)N2CCC(=O)OCc1ccccc1. The first kappa shape index (κ1) is 25.3. The zero-order chi connectivity index (χ0) is 24.7. The number of rotatable bonds is 8. The molecule has 0 atom stereocenters. The minimum atomic E-state index is -0.285. The lowest BCUT2D eigenvalue weighted by Gasteiger charge is -2.40. The fraction of sp³-hybridized carbons (Fsp3) is 0.400. The zero-order valence-electron chi connectivity index (χ0n) is 20.7. The molecular formula is C30H35NO3S. The molecule has 0 radical (unpaired) electrons. The zero-order valence-corrected chi connectivity index (χ0v) is 21.6. The van der Waals surface area contributed by atoms with Gasteiger partial charge < -0.3 is 9.64 Å². The highest BCUT2D eigenvalue weighted by molar-refractivity contribution is 8.05. The molecule has 184 valence electrons. The smallest absolute Gasteiger partial charge is 0.307 e. The van der Waals surface area contributed by atoms with Crippen LogP contribution < -0.4 is 0 Å². The number of nitrogens with zero attached hydrogens (tertiary/aromatic N) is 1. The van der Waals surface area contributed by atoms with Gasteiger partial charge in [-0.25, -0.2) is 0 Å². The second-order valence-corrected chi connectivity index (χ2v) is 11.2. The van der Waals surface area contributed by atoms with Gasteiger partial charge in [0.05, 0.1) is 16.2 Å². The molecule has 2 fully saturated rings. The first-order valence-corrected chi connectivity index (χ1v) is 13.4. The van der Waals surface area contributed by atoms with Crippen molar-refractivity contribution in [2.45, 2.75) is 63.9 Å². The number of amides is 1. The molecule has 0 N–H and O–H groups in total. The molecule has 1 spiro atoms. The maximum Gasteiger partial charge on any atom is 0.307 e. The normalized spacial score (nSPS) is 21.2. The predicted molar refractivity (Wildman–Crippen MR) is 143 cm³/mol. The minimum absolute atomic E-state index is 0.0318. The molecular weight excluding hydrogens is 454 g/mol. The summed E-state index contributed by atoms with van der Waals surface area (Å²) in [6.45, 7) is 5.13. The lowest BCUT2D eigenvalue weighted by atomic mass is 9.88. The number of carbonyl (C=O) groups is 2. The third kappa shape index (κ3) is 6.66. The Morgan fingerprint density at radius 2 is 1.71 bits per heavy atom. The first-order valence-electron chi connectivity index (χ1n) is 12.6. The van der Waals surface area contributed by atoms with Gasteiger partial charge in [0.25, 0.3) is 5.91 Å². The van der Waals surface area contributed by atoms with Crippen molar-refractivity contribution < 1.29 is 14.3 Å². The molecule has 1 amide bonds. The summed E-state index contributed by atoms with van der Waals surface area (Å²) in [5.41, 5.74) is 3.49. The summed E-state index contributed by atoms with van der Waals surface area (Å²) >= 11 is 1.69. The van der Waals surface area contributed by atoms with E-state index in [1.165, 1.54) is 5.57 Å². The Balaban J connectivity index is 1.46. The van der Waals surface area contributed by atoms with Crippen LogP contribution in [-0.4, -0.2) is 28.2 Å². The Morgan fingerprint density at radius 1 is 1.06 bits per heavy atom. The summed E-state index contributed by atoms with van der Waals surface area (Å²) in [6.07, 6.45) is 9.52. The van der Waals surface area contributed by atoms with Gasteiger partial charge in [-0.05, 0) is 55.2 Å². The number of ether oxygens (including phenoxy) is 1. The lowest BCUT2D eigenvalue weighted by Crippen LogP contribution is -2.46. The van der Waals surface area contributed by atoms with E-state index in [9.17, 15) is 9.59 Å². The van der Waals surface area contributed by atoms with Crippen molar-refractivity contribution in [2.24, 2.45) is 5.92 Å². The topological polar surface area (TPSA) is 46.6 Å². The monoisotopic (exact) mass is 489 g/mol. The Hall–Kier alpha value is -2.79. The number of benzene rings is 2. The van der Waals surface area contributed by atoms with E-state index in [-0.39, 0.29) is 29.8 Å². The number of hydrogen-bond donors (Lipinski definition) is 0. The first-order chi connectivity index (χ1) is 16.9. The standard InChI is InChI=1S/C30H35NO3S/c1-23(2)13-14-24-15-18-30(19-16-24)31(20-17-28(32)34-22-26-11-7-4-8-12-26)29(33)27(35-30)21-25-9-5-3-6-10-25/h3-12,14,21,23H,13,15-20,22H2,1-2H3. The average molecular weight is 490 g/mol. The second-order valence-electron chi connectivity index (χ2n) is 9.81. The van der Waals surface area contributed by atoms with Crippen molar-refractivity contribution in [2.75, 3.05) is 6.54 Å². The van der Waals surface area contributed by atoms with Crippen molar-refractivity contribution in [3.8, 4) is 0 Å². The number of allylic oxidation sites excluding steroid dienone is 2. The molecule has 0 aromatic heterocycles. The van der Waals surface area contributed by atoms with E-state index >= 15 is 0 Å². The third-order valence-electron chi connectivity index (χ3n) is 6.68. The van der Waals surface area contributed by atoms with Crippen LogP contribution in [0.25, 0.3) is 6.08 Å². The summed E-state index contributed by atoms with van der Waals surface area (Å²) in [6, 6.07) is 19.7. The van der Waals surface area contributed by atoms with Crippen molar-refractivity contribution in [1.29, 1.82) is 0 Å². The average Bonchev–Trinajstić information content (AvgIpc) is 3.12. The van der Waals surface area contributed by atoms with Crippen LogP contribution in [0.4, 0.5) is 0 Å². The summed E-state index contributed by atoms with van der Waals surface area (Å²) < 4.78 is 5.49. The molecule has 0 unspecified atom stereocenters. The van der Waals surface area contributed by atoms with Gasteiger partial charge in [-0.15, -0.1) is 0 Å². The van der Waals surface area contributed by atoms with E-state index in [2.05, 4.69) is 19.9 Å². The highest BCUT2D eigenvalue weighted by Crippen LogP contribution is 2.53. The van der Waals surface area contributed by atoms with Crippen molar-refractivity contribution in [3.63, 3.8) is 0 Å². The van der Waals surface area contributed by atoms with Crippen molar-refractivity contribution in [1.82, 2.24) is 4.90 Å².